The fourth-order valence-electron chi connectivity index (χ4n) is 2.68. The molecule has 0 saturated heterocycles. The van der Waals surface area contributed by atoms with Crippen molar-refractivity contribution in [3.05, 3.63) is 88.2 Å². The van der Waals surface area contributed by atoms with Crippen LogP contribution >= 0.6 is 11.6 Å². The van der Waals surface area contributed by atoms with E-state index in [9.17, 15) is 4.79 Å². The Labute approximate surface area is 164 Å². The summed E-state index contributed by atoms with van der Waals surface area (Å²) < 4.78 is 0. The van der Waals surface area contributed by atoms with Crippen LogP contribution in [0.5, 0.6) is 0 Å². The van der Waals surface area contributed by atoms with Crippen molar-refractivity contribution in [3.63, 3.8) is 0 Å². The Morgan fingerprint density at radius 2 is 1.78 bits per heavy atom. The zero-order valence-electron chi connectivity index (χ0n) is 15.3. The largest absolute Gasteiger partial charge is 0.347 e. The van der Waals surface area contributed by atoms with Crippen LogP contribution in [0.1, 0.15) is 27.3 Å². The summed E-state index contributed by atoms with van der Waals surface area (Å²) in [6.45, 7) is 2.86. The molecule has 0 aliphatic heterocycles. The molecule has 27 heavy (non-hydrogen) atoms. The molecule has 0 unspecified atom stereocenters. The number of nitrogens with one attached hydrogen (secondary N) is 1. The Morgan fingerprint density at radius 3 is 2.52 bits per heavy atom. The number of amides is 1. The molecule has 0 atom stereocenters. The van der Waals surface area contributed by atoms with Gasteiger partial charge < -0.3 is 10.2 Å². The van der Waals surface area contributed by atoms with Crippen LogP contribution < -0.4 is 10.2 Å². The quantitative estimate of drug-likeness (QED) is 0.702. The summed E-state index contributed by atoms with van der Waals surface area (Å²) in [7, 11) is 1.91. The standard InChI is InChI=1S/C21H21ClN4O/c1-15-12-19(20(27)23-13-17-10-6-7-11-18(17)22)25-21(24-15)26(2)14-16-8-4-3-5-9-16/h3-12H,13-14H2,1-2H3,(H,23,27). The molecule has 0 saturated carbocycles. The van der Waals surface area contributed by atoms with Crippen LogP contribution in [0.25, 0.3) is 0 Å². The molecule has 1 N–H and O–H groups in total. The predicted molar refractivity (Wildman–Crippen MR) is 108 cm³/mol. The van der Waals surface area contributed by atoms with E-state index in [0.717, 1.165) is 16.8 Å². The molecule has 0 fully saturated rings. The molecule has 0 radical (unpaired) electrons. The van der Waals surface area contributed by atoms with E-state index >= 15 is 0 Å². The van der Waals surface area contributed by atoms with Gasteiger partial charge in [0.2, 0.25) is 5.95 Å². The van der Waals surface area contributed by atoms with Crippen molar-refractivity contribution >= 4 is 23.5 Å². The number of rotatable bonds is 6. The highest BCUT2D eigenvalue weighted by atomic mass is 35.5. The molecule has 138 valence electrons. The van der Waals surface area contributed by atoms with Gasteiger partial charge in [-0.25, -0.2) is 9.97 Å². The zero-order valence-corrected chi connectivity index (χ0v) is 16.1. The first kappa shape index (κ1) is 18.9. The molecule has 1 amide bonds. The Hall–Kier alpha value is -2.92. The molecule has 0 aliphatic carbocycles. The second-order valence-electron chi connectivity index (χ2n) is 6.31. The number of anilines is 1. The number of hydrogen-bond donors (Lipinski definition) is 1. The van der Waals surface area contributed by atoms with Gasteiger partial charge in [-0.05, 0) is 30.2 Å². The van der Waals surface area contributed by atoms with Gasteiger partial charge in [-0.1, -0.05) is 60.1 Å². The average Bonchev–Trinajstić information content (AvgIpc) is 2.67. The second kappa shape index (κ2) is 8.64. The fraction of sp³-hybridized carbons (Fsp3) is 0.190. The van der Waals surface area contributed by atoms with Crippen LogP contribution in [-0.2, 0) is 13.1 Å². The monoisotopic (exact) mass is 380 g/mol. The Bertz CT molecular complexity index is 930. The lowest BCUT2D eigenvalue weighted by molar-refractivity contribution is 0.0945. The van der Waals surface area contributed by atoms with Crippen molar-refractivity contribution in [1.29, 1.82) is 0 Å². The maximum atomic E-state index is 12.6. The van der Waals surface area contributed by atoms with Gasteiger partial charge in [0.15, 0.2) is 0 Å². The highest BCUT2D eigenvalue weighted by Crippen LogP contribution is 2.15. The minimum atomic E-state index is -0.255. The van der Waals surface area contributed by atoms with E-state index in [-0.39, 0.29) is 5.91 Å². The number of nitrogens with zero attached hydrogens (tertiary/aromatic N) is 3. The number of hydrogen-bond acceptors (Lipinski definition) is 4. The van der Waals surface area contributed by atoms with Crippen molar-refractivity contribution in [1.82, 2.24) is 15.3 Å². The lowest BCUT2D eigenvalue weighted by Gasteiger charge is -2.18. The molecule has 0 bridgehead atoms. The third-order valence-corrected chi connectivity index (χ3v) is 4.45. The molecule has 6 heteroatoms. The number of carbonyl (C=O) groups excluding carboxylic acids is 1. The minimum absolute atomic E-state index is 0.255. The summed E-state index contributed by atoms with van der Waals surface area (Å²) in [5.74, 6) is 0.261. The van der Waals surface area contributed by atoms with Gasteiger partial charge in [-0.15, -0.1) is 0 Å². The van der Waals surface area contributed by atoms with E-state index < -0.39 is 0 Å². The first-order valence-electron chi connectivity index (χ1n) is 8.65. The van der Waals surface area contributed by atoms with Gasteiger partial charge in [0.25, 0.3) is 5.91 Å². The van der Waals surface area contributed by atoms with E-state index in [2.05, 4.69) is 15.3 Å². The summed E-state index contributed by atoms with van der Waals surface area (Å²) >= 11 is 6.14. The third-order valence-electron chi connectivity index (χ3n) is 4.08. The van der Waals surface area contributed by atoms with Crippen LogP contribution in [-0.4, -0.2) is 22.9 Å². The van der Waals surface area contributed by atoms with Crippen molar-refractivity contribution < 1.29 is 4.79 Å². The van der Waals surface area contributed by atoms with E-state index in [4.69, 9.17) is 11.6 Å². The highest BCUT2D eigenvalue weighted by molar-refractivity contribution is 6.31. The van der Waals surface area contributed by atoms with Crippen LogP contribution in [0, 0.1) is 6.92 Å². The van der Waals surface area contributed by atoms with Crippen molar-refractivity contribution in [2.75, 3.05) is 11.9 Å². The summed E-state index contributed by atoms with van der Waals surface area (Å²) in [6, 6.07) is 19.2. The van der Waals surface area contributed by atoms with Gasteiger partial charge in [0, 0.05) is 30.9 Å². The van der Waals surface area contributed by atoms with Gasteiger partial charge >= 0.3 is 0 Å². The van der Waals surface area contributed by atoms with Crippen molar-refractivity contribution in [2.45, 2.75) is 20.0 Å². The van der Waals surface area contributed by atoms with Gasteiger partial charge in [0.1, 0.15) is 5.69 Å². The van der Waals surface area contributed by atoms with Crippen LogP contribution in [0.4, 0.5) is 5.95 Å². The Balaban J connectivity index is 1.72. The SMILES string of the molecule is Cc1cc(C(=O)NCc2ccccc2Cl)nc(N(C)Cc2ccccc2)n1. The molecular weight excluding hydrogens is 360 g/mol. The molecule has 1 heterocycles. The van der Waals surface area contributed by atoms with Gasteiger partial charge in [-0.2, -0.15) is 0 Å². The molecular formula is C21H21ClN4O. The van der Waals surface area contributed by atoms with E-state index in [0.29, 0.717) is 29.8 Å². The smallest absolute Gasteiger partial charge is 0.270 e. The lowest BCUT2D eigenvalue weighted by atomic mass is 10.2. The maximum absolute atomic E-state index is 12.6. The number of halogens is 1. The number of aryl methyl sites for hydroxylation is 1. The van der Waals surface area contributed by atoms with Crippen LogP contribution in [0.15, 0.2) is 60.7 Å². The second-order valence-corrected chi connectivity index (χ2v) is 6.72. The van der Waals surface area contributed by atoms with Crippen molar-refractivity contribution in [3.8, 4) is 0 Å². The first-order valence-corrected chi connectivity index (χ1v) is 9.03. The summed E-state index contributed by atoms with van der Waals surface area (Å²) in [4.78, 5) is 23.4. The van der Waals surface area contributed by atoms with Crippen LogP contribution in [0.2, 0.25) is 5.02 Å². The first-order chi connectivity index (χ1) is 13.0. The van der Waals surface area contributed by atoms with Crippen LogP contribution in [0.3, 0.4) is 0 Å². The van der Waals surface area contributed by atoms with E-state index in [1.165, 1.54) is 0 Å². The molecule has 0 spiro atoms. The zero-order chi connectivity index (χ0) is 19.2. The van der Waals surface area contributed by atoms with E-state index in [1.807, 2.05) is 67.4 Å². The molecule has 3 aromatic rings. The molecule has 1 aromatic heterocycles. The van der Waals surface area contributed by atoms with Gasteiger partial charge in [0.05, 0.1) is 0 Å². The normalized spacial score (nSPS) is 10.5. The number of carbonyl (C=O) groups is 1. The fourth-order valence-corrected chi connectivity index (χ4v) is 2.88. The summed E-state index contributed by atoms with van der Waals surface area (Å²) in [5.41, 5.74) is 3.09. The van der Waals surface area contributed by atoms with Crippen molar-refractivity contribution in [2.24, 2.45) is 0 Å². The Kier molecular flexibility index (Phi) is 6.04. The Morgan fingerprint density at radius 1 is 1.07 bits per heavy atom. The number of benzene rings is 2. The topological polar surface area (TPSA) is 58.1 Å². The number of aromatic nitrogens is 2. The maximum Gasteiger partial charge on any atom is 0.270 e. The lowest BCUT2D eigenvalue weighted by Crippen LogP contribution is -2.26. The van der Waals surface area contributed by atoms with E-state index in [1.54, 1.807) is 12.1 Å². The molecule has 5 nitrogen and oxygen atoms in total. The predicted octanol–water partition coefficient (Wildman–Crippen LogP) is 4.00. The molecule has 0 aliphatic rings. The summed E-state index contributed by atoms with van der Waals surface area (Å²) in [6.07, 6.45) is 0. The average molecular weight is 381 g/mol. The highest BCUT2D eigenvalue weighted by Gasteiger charge is 2.13. The minimum Gasteiger partial charge on any atom is -0.347 e. The summed E-state index contributed by atoms with van der Waals surface area (Å²) in [5, 5.41) is 3.49. The van der Waals surface area contributed by atoms with Gasteiger partial charge in [-0.3, -0.25) is 4.79 Å². The third kappa shape index (κ3) is 5.05. The molecule has 2 aromatic carbocycles. The molecule has 3 rings (SSSR count).